The third-order valence-corrected chi connectivity index (χ3v) is 6.12. The number of anilines is 1. The van der Waals surface area contributed by atoms with Gasteiger partial charge in [0.2, 0.25) is 5.91 Å². The Bertz CT molecular complexity index is 1120. The van der Waals surface area contributed by atoms with E-state index in [-0.39, 0.29) is 4.90 Å². The molecule has 1 N–H and O–H groups in total. The number of aromatic nitrogens is 1. The topological polar surface area (TPSA) is 76.1 Å². The summed E-state index contributed by atoms with van der Waals surface area (Å²) in [5, 5.41) is 3.89. The summed E-state index contributed by atoms with van der Waals surface area (Å²) in [4.78, 5) is 16.6. The molecule has 0 bridgehead atoms. The molecule has 2 aromatic carbocycles. The number of fused-ring (bicyclic) bond motifs is 1. The van der Waals surface area contributed by atoms with Gasteiger partial charge in [-0.3, -0.25) is 10.1 Å². The molecule has 0 atom stereocenters. The lowest BCUT2D eigenvalue weighted by atomic mass is 10.2. The van der Waals surface area contributed by atoms with Gasteiger partial charge in [0.15, 0.2) is 15.0 Å². The van der Waals surface area contributed by atoms with Crippen LogP contribution in [0.25, 0.3) is 16.3 Å². The second kappa shape index (κ2) is 7.36. The number of hydrogen-bond donors (Lipinski definition) is 1. The molecule has 1 amide bonds. The van der Waals surface area contributed by atoms with E-state index in [2.05, 4.69) is 10.3 Å². The Balaban J connectivity index is 1.80. The molecule has 0 unspecified atom stereocenters. The van der Waals surface area contributed by atoms with Crippen molar-refractivity contribution in [2.24, 2.45) is 0 Å². The molecule has 0 radical (unpaired) electrons. The Morgan fingerprint density at radius 2 is 1.88 bits per heavy atom. The molecule has 0 spiro atoms. The summed E-state index contributed by atoms with van der Waals surface area (Å²) >= 11 is 13.3. The van der Waals surface area contributed by atoms with E-state index in [1.165, 1.54) is 35.6 Å². The summed E-state index contributed by atoms with van der Waals surface area (Å²) in [6, 6.07) is 9.71. The highest BCUT2D eigenvalue weighted by molar-refractivity contribution is 7.90. The van der Waals surface area contributed by atoms with Gasteiger partial charge in [-0.05, 0) is 36.4 Å². The monoisotopic (exact) mass is 426 g/mol. The Hall–Kier alpha value is -1.93. The third-order valence-electron chi connectivity index (χ3n) is 3.42. The minimum absolute atomic E-state index is 0.208. The molecule has 3 aromatic rings. The van der Waals surface area contributed by atoms with Crippen molar-refractivity contribution in [1.82, 2.24) is 4.98 Å². The third kappa shape index (κ3) is 4.24. The van der Waals surface area contributed by atoms with E-state index in [1.807, 2.05) is 0 Å². The van der Waals surface area contributed by atoms with Gasteiger partial charge in [-0.25, -0.2) is 13.4 Å². The van der Waals surface area contributed by atoms with Gasteiger partial charge in [0.25, 0.3) is 0 Å². The average Bonchev–Trinajstić information content (AvgIpc) is 2.94. The van der Waals surface area contributed by atoms with E-state index in [4.69, 9.17) is 23.2 Å². The van der Waals surface area contributed by atoms with Crippen LogP contribution in [0.5, 0.6) is 0 Å². The highest BCUT2D eigenvalue weighted by Gasteiger charge is 2.11. The first-order valence-corrected chi connectivity index (χ1v) is 10.7. The number of carbonyl (C=O) groups is 1. The van der Waals surface area contributed by atoms with E-state index in [0.717, 1.165) is 6.26 Å². The van der Waals surface area contributed by atoms with Crippen LogP contribution in [-0.2, 0) is 14.6 Å². The molecule has 5 nitrogen and oxygen atoms in total. The molecule has 0 fully saturated rings. The lowest BCUT2D eigenvalue weighted by molar-refractivity contribution is -0.111. The molecular weight excluding hydrogens is 415 g/mol. The van der Waals surface area contributed by atoms with E-state index in [9.17, 15) is 13.2 Å². The van der Waals surface area contributed by atoms with Gasteiger partial charge in [-0.2, -0.15) is 0 Å². The highest BCUT2D eigenvalue weighted by Crippen LogP contribution is 2.29. The van der Waals surface area contributed by atoms with E-state index < -0.39 is 15.7 Å². The van der Waals surface area contributed by atoms with Gasteiger partial charge in [-0.1, -0.05) is 40.6 Å². The number of rotatable bonds is 4. The van der Waals surface area contributed by atoms with Crippen LogP contribution >= 0.6 is 34.5 Å². The summed E-state index contributed by atoms with van der Waals surface area (Å²) < 4.78 is 23.9. The number of thiazole rings is 1. The zero-order chi connectivity index (χ0) is 18.9. The first kappa shape index (κ1) is 18.8. The second-order valence-electron chi connectivity index (χ2n) is 5.38. The van der Waals surface area contributed by atoms with Crippen molar-refractivity contribution >= 4 is 71.7 Å². The van der Waals surface area contributed by atoms with Gasteiger partial charge < -0.3 is 0 Å². The maximum atomic E-state index is 12.1. The van der Waals surface area contributed by atoms with Crippen molar-refractivity contribution < 1.29 is 13.2 Å². The quantitative estimate of drug-likeness (QED) is 0.615. The number of nitrogens with zero attached hydrogens (tertiary/aromatic N) is 1. The highest BCUT2D eigenvalue weighted by atomic mass is 35.5. The zero-order valence-electron chi connectivity index (χ0n) is 13.4. The van der Waals surface area contributed by atoms with Crippen LogP contribution in [0.3, 0.4) is 0 Å². The number of benzene rings is 2. The van der Waals surface area contributed by atoms with Crippen LogP contribution in [0.2, 0.25) is 10.0 Å². The average molecular weight is 427 g/mol. The van der Waals surface area contributed by atoms with E-state index in [0.29, 0.717) is 31.0 Å². The van der Waals surface area contributed by atoms with Gasteiger partial charge in [0.05, 0.1) is 15.1 Å². The maximum Gasteiger partial charge on any atom is 0.250 e. The molecule has 26 heavy (non-hydrogen) atoms. The van der Waals surface area contributed by atoms with Crippen molar-refractivity contribution in [2.75, 3.05) is 11.6 Å². The lowest BCUT2D eigenvalue weighted by Gasteiger charge is -2.00. The number of halogens is 2. The Labute approximate surface area is 164 Å². The Kier molecular flexibility index (Phi) is 5.34. The summed E-state index contributed by atoms with van der Waals surface area (Å²) in [7, 11) is -3.30. The van der Waals surface area contributed by atoms with Crippen LogP contribution in [0.1, 0.15) is 5.56 Å². The molecule has 1 aromatic heterocycles. The van der Waals surface area contributed by atoms with Crippen LogP contribution in [0, 0.1) is 0 Å². The van der Waals surface area contributed by atoms with E-state index >= 15 is 0 Å². The molecule has 0 aliphatic heterocycles. The van der Waals surface area contributed by atoms with Crippen LogP contribution in [0.15, 0.2) is 47.4 Å². The fraction of sp³-hybridized carbons (Fsp3) is 0.0588. The number of nitrogens with one attached hydrogen (secondary N) is 1. The Morgan fingerprint density at radius 3 is 2.54 bits per heavy atom. The number of carbonyl (C=O) groups excluding carboxylic acids is 1. The summed E-state index contributed by atoms with van der Waals surface area (Å²) in [5.41, 5.74) is 1.16. The standard InChI is InChI=1S/C17H12Cl2N2O3S2/c1-26(23,24)10-5-7-14-15(9-10)25-17(20-14)21-16(22)8-6-11-12(18)3-2-4-13(11)19/h2-9H,1H3,(H,20,21,22). The fourth-order valence-corrected chi connectivity index (χ4v) is 4.32. The molecule has 0 aliphatic rings. The molecule has 9 heteroatoms. The SMILES string of the molecule is CS(=O)(=O)c1ccc2nc(NC(=O)C=Cc3c(Cl)cccc3Cl)sc2c1. The first-order valence-electron chi connectivity index (χ1n) is 7.28. The minimum Gasteiger partial charge on any atom is -0.298 e. The predicted octanol–water partition coefficient (Wildman–Crippen LogP) is 4.66. The lowest BCUT2D eigenvalue weighted by Crippen LogP contribution is -2.07. The normalized spacial score (nSPS) is 12.0. The minimum atomic E-state index is -3.30. The largest absolute Gasteiger partial charge is 0.298 e. The van der Waals surface area contributed by atoms with Crippen molar-refractivity contribution in [2.45, 2.75) is 4.90 Å². The van der Waals surface area contributed by atoms with Gasteiger partial charge >= 0.3 is 0 Å². The summed E-state index contributed by atoms with van der Waals surface area (Å²) in [5.74, 6) is -0.400. The number of sulfone groups is 1. The molecule has 134 valence electrons. The van der Waals surface area contributed by atoms with Gasteiger partial charge in [0, 0.05) is 27.9 Å². The zero-order valence-corrected chi connectivity index (χ0v) is 16.5. The number of amides is 1. The molecule has 1 heterocycles. The molecule has 0 saturated heterocycles. The van der Waals surface area contributed by atoms with Crippen LogP contribution < -0.4 is 5.32 Å². The Morgan fingerprint density at radius 1 is 1.19 bits per heavy atom. The smallest absolute Gasteiger partial charge is 0.250 e. The van der Waals surface area contributed by atoms with Crippen molar-refractivity contribution in [3.05, 3.63) is 58.1 Å². The maximum absolute atomic E-state index is 12.1. The molecule has 3 rings (SSSR count). The molecule has 0 saturated carbocycles. The van der Waals surface area contributed by atoms with Crippen LogP contribution in [-0.4, -0.2) is 25.6 Å². The summed E-state index contributed by atoms with van der Waals surface area (Å²) in [6.07, 6.45) is 3.97. The summed E-state index contributed by atoms with van der Waals surface area (Å²) in [6.45, 7) is 0. The van der Waals surface area contributed by atoms with E-state index in [1.54, 1.807) is 24.3 Å². The van der Waals surface area contributed by atoms with Gasteiger partial charge in [0.1, 0.15) is 0 Å². The molecule has 0 aliphatic carbocycles. The van der Waals surface area contributed by atoms with Gasteiger partial charge in [-0.15, -0.1) is 0 Å². The van der Waals surface area contributed by atoms with Crippen molar-refractivity contribution in [1.29, 1.82) is 0 Å². The second-order valence-corrected chi connectivity index (χ2v) is 9.24. The first-order chi connectivity index (χ1) is 12.2. The van der Waals surface area contributed by atoms with Crippen molar-refractivity contribution in [3.63, 3.8) is 0 Å². The van der Waals surface area contributed by atoms with Crippen molar-refractivity contribution in [3.8, 4) is 0 Å². The fourth-order valence-electron chi connectivity index (χ4n) is 2.17. The molecular formula is C17H12Cl2N2O3S2. The van der Waals surface area contributed by atoms with Crippen LogP contribution in [0.4, 0.5) is 5.13 Å². The predicted molar refractivity (Wildman–Crippen MR) is 107 cm³/mol. The number of hydrogen-bond acceptors (Lipinski definition) is 5.